The molecule has 4 rings (SSSR count). The molecule has 1 aromatic heterocycles. The highest BCUT2D eigenvalue weighted by Crippen LogP contribution is 2.30. The average molecular weight is 489 g/mol. The minimum absolute atomic E-state index is 0.0994. The van der Waals surface area contributed by atoms with Gasteiger partial charge in [-0.05, 0) is 69.6 Å². The lowest BCUT2D eigenvalue weighted by atomic mass is 10.0. The van der Waals surface area contributed by atoms with E-state index in [2.05, 4.69) is 24.0 Å². The molecule has 0 bridgehead atoms. The van der Waals surface area contributed by atoms with Crippen LogP contribution in [0.25, 0.3) is 16.6 Å². The molecular weight excluding hydrogens is 448 g/mol. The van der Waals surface area contributed by atoms with Crippen molar-refractivity contribution >= 4 is 16.8 Å². The van der Waals surface area contributed by atoms with Crippen LogP contribution in [0.5, 0.6) is 0 Å². The van der Waals surface area contributed by atoms with Crippen molar-refractivity contribution in [2.75, 3.05) is 27.2 Å². The van der Waals surface area contributed by atoms with Crippen molar-refractivity contribution in [3.63, 3.8) is 0 Å². The highest BCUT2D eigenvalue weighted by Gasteiger charge is 2.27. The number of carbonyl (C=O) groups excluding carboxylic acids is 1. The molecule has 0 aliphatic heterocycles. The standard InChI is InChI=1S/C30H40N4O2/c1-5-23-14-17-25(18-15-23)34-29(31-27-13-9-8-12-26(27)30(34)36)22(2)33(21-20-32(3)4)28(35)19-16-24-10-6-7-11-24/h8-9,12-15,17-18,22,24H,5-7,10-11,16,19-21H2,1-4H3. The van der Waals surface area contributed by atoms with Gasteiger partial charge in [-0.1, -0.05) is 56.9 Å². The first-order valence-corrected chi connectivity index (χ1v) is 13.4. The van der Waals surface area contributed by atoms with Gasteiger partial charge in [0.15, 0.2) is 0 Å². The lowest BCUT2D eigenvalue weighted by molar-refractivity contribution is -0.134. The molecule has 1 aliphatic carbocycles. The van der Waals surface area contributed by atoms with E-state index in [9.17, 15) is 9.59 Å². The SMILES string of the molecule is CCc1ccc(-n2c(C(C)N(CCN(C)C)C(=O)CCC3CCCC3)nc3ccccc3c2=O)cc1. The third kappa shape index (κ3) is 5.86. The van der Waals surface area contributed by atoms with Crippen molar-refractivity contribution in [1.82, 2.24) is 19.4 Å². The van der Waals surface area contributed by atoms with Crippen LogP contribution in [0.2, 0.25) is 0 Å². The number of aryl methyl sites for hydroxylation is 1. The summed E-state index contributed by atoms with van der Waals surface area (Å²) in [6.45, 7) is 5.47. The Balaban J connectivity index is 1.75. The molecule has 1 fully saturated rings. The fourth-order valence-electron chi connectivity index (χ4n) is 5.31. The molecule has 0 saturated heterocycles. The van der Waals surface area contributed by atoms with E-state index in [1.165, 1.54) is 31.2 Å². The third-order valence-electron chi connectivity index (χ3n) is 7.60. The van der Waals surface area contributed by atoms with Gasteiger partial charge in [-0.3, -0.25) is 14.2 Å². The zero-order valence-corrected chi connectivity index (χ0v) is 22.2. The first-order valence-electron chi connectivity index (χ1n) is 13.4. The van der Waals surface area contributed by atoms with Crippen molar-refractivity contribution in [3.05, 3.63) is 70.3 Å². The Morgan fingerprint density at radius 3 is 2.42 bits per heavy atom. The van der Waals surface area contributed by atoms with E-state index in [1.54, 1.807) is 4.57 Å². The lowest BCUT2D eigenvalue weighted by Crippen LogP contribution is -2.41. The zero-order chi connectivity index (χ0) is 25.7. The van der Waals surface area contributed by atoms with Crippen LogP contribution < -0.4 is 5.56 Å². The maximum absolute atomic E-state index is 13.8. The molecule has 192 valence electrons. The quantitative estimate of drug-likeness (QED) is 0.385. The van der Waals surface area contributed by atoms with Gasteiger partial charge < -0.3 is 9.80 Å². The summed E-state index contributed by atoms with van der Waals surface area (Å²) in [7, 11) is 4.04. The van der Waals surface area contributed by atoms with Crippen LogP contribution in [0.4, 0.5) is 0 Å². The van der Waals surface area contributed by atoms with Gasteiger partial charge in [-0.2, -0.15) is 0 Å². The second-order valence-corrected chi connectivity index (χ2v) is 10.4. The number of fused-ring (bicyclic) bond motifs is 1. The molecule has 6 nitrogen and oxygen atoms in total. The smallest absolute Gasteiger partial charge is 0.266 e. The number of hydrogen-bond acceptors (Lipinski definition) is 4. The minimum atomic E-state index is -0.343. The minimum Gasteiger partial charge on any atom is -0.331 e. The number of amides is 1. The zero-order valence-electron chi connectivity index (χ0n) is 22.2. The highest BCUT2D eigenvalue weighted by atomic mass is 16.2. The summed E-state index contributed by atoms with van der Waals surface area (Å²) in [4.78, 5) is 36.4. The molecule has 1 atom stereocenters. The topological polar surface area (TPSA) is 58.4 Å². The van der Waals surface area contributed by atoms with E-state index in [0.29, 0.717) is 35.6 Å². The predicted octanol–water partition coefficient (Wildman–Crippen LogP) is 5.37. The Morgan fingerprint density at radius 2 is 1.75 bits per heavy atom. The van der Waals surface area contributed by atoms with Gasteiger partial charge in [0.1, 0.15) is 5.82 Å². The van der Waals surface area contributed by atoms with Crippen LogP contribution in [0, 0.1) is 5.92 Å². The highest BCUT2D eigenvalue weighted by molar-refractivity contribution is 5.79. The van der Waals surface area contributed by atoms with Gasteiger partial charge in [-0.25, -0.2) is 4.98 Å². The van der Waals surface area contributed by atoms with Crippen molar-refractivity contribution in [3.8, 4) is 5.69 Å². The number of nitrogens with zero attached hydrogens (tertiary/aromatic N) is 4. The van der Waals surface area contributed by atoms with Crippen LogP contribution in [0.3, 0.4) is 0 Å². The molecule has 1 amide bonds. The molecule has 36 heavy (non-hydrogen) atoms. The van der Waals surface area contributed by atoms with Crippen molar-refractivity contribution in [2.24, 2.45) is 5.92 Å². The molecule has 0 radical (unpaired) electrons. The van der Waals surface area contributed by atoms with Crippen LogP contribution in [-0.4, -0.2) is 52.4 Å². The summed E-state index contributed by atoms with van der Waals surface area (Å²) < 4.78 is 1.71. The largest absolute Gasteiger partial charge is 0.331 e. The van der Waals surface area contributed by atoms with Gasteiger partial charge in [0.05, 0.1) is 22.6 Å². The molecule has 1 unspecified atom stereocenters. The Bertz CT molecular complexity index is 1230. The van der Waals surface area contributed by atoms with Crippen LogP contribution >= 0.6 is 0 Å². The molecule has 0 N–H and O–H groups in total. The van der Waals surface area contributed by atoms with Gasteiger partial charge in [-0.15, -0.1) is 0 Å². The number of benzene rings is 2. The fraction of sp³-hybridized carbons (Fsp3) is 0.500. The van der Waals surface area contributed by atoms with E-state index in [0.717, 1.165) is 25.1 Å². The molecule has 1 saturated carbocycles. The molecule has 1 aliphatic rings. The van der Waals surface area contributed by atoms with Crippen molar-refractivity contribution < 1.29 is 4.79 Å². The van der Waals surface area contributed by atoms with E-state index in [4.69, 9.17) is 4.98 Å². The summed E-state index contributed by atoms with van der Waals surface area (Å²) in [5, 5.41) is 0.584. The molecule has 3 aromatic rings. The number of para-hydroxylation sites is 1. The summed E-state index contributed by atoms with van der Waals surface area (Å²) in [5.41, 5.74) is 2.56. The molecular formula is C30H40N4O2. The Hall–Kier alpha value is -2.99. The van der Waals surface area contributed by atoms with Gasteiger partial charge in [0.2, 0.25) is 5.91 Å². The first-order chi connectivity index (χ1) is 17.4. The van der Waals surface area contributed by atoms with E-state index in [1.807, 2.05) is 62.3 Å². The average Bonchev–Trinajstić information content (AvgIpc) is 3.41. The number of rotatable bonds is 10. The Kier molecular flexibility index (Phi) is 8.57. The summed E-state index contributed by atoms with van der Waals surface area (Å²) in [5.74, 6) is 1.41. The summed E-state index contributed by atoms with van der Waals surface area (Å²) >= 11 is 0. The van der Waals surface area contributed by atoms with Gasteiger partial charge in [0, 0.05) is 19.5 Å². The summed E-state index contributed by atoms with van der Waals surface area (Å²) in [6, 6.07) is 15.2. The van der Waals surface area contributed by atoms with Crippen molar-refractivity contribution in [2.45, 2.75) is 64.8 Å². The van der Waals surface area contributed by atoms with Gasteiger partial charge >= 0.3 is 0 Å². The number of aromatic nitrogens is 2. The molecule has 2 aromatic carbocycles. The van der Waals surface area contributed by atoms with Crippen LogP contribution in [0.15, 0.2) is 53.3 Å². The van der Waals surface area contributed by atoms with Crippen LogP contribution in [0.1, 0.15) is 69.8 Å². The maximum atomic E-state index is 13.8. The third-order valence-corrected chi connectivity index (χ3v) is 7.60. The molecule has 0 spiro atoms. The maximum Gasteiger partial charge on any atom is 0.266 e. The molecule has 1 heterocycles. The second kappa shape index (κ2) is 11.8. The second-order valence-electron chi connectivity index (χ2n) is 10.4. The van der Waals surface area contributed by atoms with Gasteiger partial charge in [0.25, 0.3) is 5.56 Å². The predicted molar refractivity (Wildman–Crippen MR) is 147 cm³/mol. The normalized spacial score (nSPS) is 15.0. The van der Waals surface area contributed by atoms with E-state index >= 15 is 0 Å². The summed E-state index contributed by atoms with van der Waals surface area (Å²) in [6.07, 6.45) is 7.46. The fourth-order valence-corrected chi connectivity index (χ4v) is 5.31. The number of carbonyl (C=O) groups is 1. The van der Waals surface area contributed by atoms with Crippen molar-refractivity contribution in [1.29, 1.82) is 0 Å². The first kappa shape index (κ1) is 26.1. The van der Waals surface area contributed by atoms with Crippen LogP contribution in [-0.2, 0) is 11.2 Å². The number of hydrogen-bond donors (Lipinski definition) is 0. The van der Waals surface area contributed by atoms with E-state index < -0.39 is 0 Å². The monoisotopic (exact) mass is 488 g/mol. The number of likely N-dealkylation sites (N-methyl/N-ethyl adjacent to an activating group) is 1. The Morgan fingerprint density at radius 1 is 1.06 bits per heavy atom. The Labute approximate surface area is 214 Å². The molecule has 6 heteroatoms. The lowest BCUT2D eigenvalue weighted by Gasteiger charge is -2.32. The van der Waals surface area contributed by atoms with E-state index in [-0.39, 0.29) is 17.5 Å².